The third-order valence-corrected chi connectivity index (χ3v) is 4.19. The number of hydrogen-bond acceptors (Lipinski definition) is 4. The van der Waals surface area contributed by atoms with Gasteiger partial charge < -0.3 is 18.9 Å². The molecule has 0 aromatic heterocycles. The molecule has 0 bridgehead atoms. The summed E-state index contributed by atoms with van der Waals surface area (Å²) in [6, 6.07) is 0. The fourth-order valence-corrected chi connectivity index (χ4v) is 2.58. The van der Waals surface area contributed by atoms with Crippen molar-refractivity contribution >= 4 is 22.6 Å². The fourth-order valence-electron chi connectivity index (χ4n) is 2.04. The van der Waals surface area contributed by atoms with Gasteiger partial charge >= 0.3 is 0 Å². The molecule has 0 aliphatic heterocycles. The highest BCUT2D eigenvalue weighted by atomic mass is 127. The van der Waals surface area contributed by atoms with Gasteiger partial charge in [0.2, 0.25) is 0 Å². The van der Waals surface area contributed by atoms with Crippen LogP contribution in [0.3, 0.4) is 0 Å². The fraction of sp³-hybridized carbons (Fsp3) is 1.00. The lowest BCUT2D eigenvalue weighted by molar-refractivity contribution is -0.00247. The monoisotopic (exact) mass is 444 g/mol. The minimum atomic E-state index is 0.634. The van der Waals surface area contributed by atoms with Crippen LogP contribution >= 0.6 is 22.6 Å². The maximum Gasteiger partial charge on any atom is 0.0701 e. The minimum Gasteiger partial charge on any atom is -0.379 e. The quantitative estimate of drug-likeness (QED) is 0.156. The van der Waals surface area contributed by atoms with Crippen LogP contribution in [0.5, 0.6) is 0 Å². The predicted molar refractivity (Wildman–Crippen MR) is 105 cm³/mol. The molecule has 0 N–H and O–H groups in total. The molecular weight excluding hydrogens is 407 g/mol. The van der Waals surface area contributed by atoms with Crippen molar-refractivity contribution < 1.29 is 18.9 Å². The SMILES string of the molecule is CCCCCCOCCOCCOCCOCCCCCCI. The molecule has 0 rings (SSSR count). The summed E-state index contributed by atoms with van der Waals surface area (Å²) >= 11 is 2.43. The molecule has 0 heterocycles. The van der Waals surface area contributed by atoms with Crippen LogP contribution < -0.4 is 0 Å². The molecule has 0 saturated heterocycles. The van der Waals surface area contributed by atoms with Crippen molar-refractivity contribution in [3.63, 3.8) is 0 Å². The molecule has 0 spiro atoms. The molecular formula is C18H37IO4. The molecule has 0 atom stereocenters. The van der Waals surface area contributed by atoms with Crippen LogP contribution in [0.4, 0.5) is 0 Å². The van der Waals surface area contributed by atoms with E-state index in [1.165, 1.54) is 43.0 Å². The summed E-state index contributed by atoms with van der Waals surface area (Å²) in [5, 5.41) is 0. The summed E-state index contributed by atoms with van der Waals surface area (Å²) in [6.45, 7) is 7.89. The zero-order chi connectivity index (χ0) is 16.8. The van der Waals surface area contributed by atoms with Crippen LogP contribution in [0, 0.1) is 0 Å². The first-order chi connectivity index (χ1) is 11.4. The van der Waals surface area contributed by atoms with E-state index in [4.69, 9.17) is 18.9 Å². The van der Waals surface area contributed by atoms with Gasteiger partial charge in [0, 0.05) is 13.2 Å². The van der Waals surface area contributed by atoms with E-state index in [-0.39, 0.29) is 0 Å². The Balaban J connectivity index is 2.92. The van der Waals surface area contributed by atoms with E-state index in [2.05, 4.69) is 29.5 Å². The normalized spacial score (nSPS) is 11.2. The Morgan fingerprint density at radius 1 is 0.478 bits per heavy atom. The highest BCUT2D eigenvalue weighted by molar-refractivity contribution is 14.1. The van der Waals surface area contributed by atoms with Crippen molar-refractivity contribution in [1.82, 2.24) is 0 Å². The summed E-state index contributed by atoms with van der Waals surface area (Å²) in [5.41, 5.74) is 0. The number of hydrogen-bond donors (Lipinski definition) is 0. The number of alkyl halides is 1. The maximum absolute atomic E-state index is 5.53. The highest BCUT2D eigenvalue weighted by Crippen LogP contribution is 2.02. The van der Waals surface area contributed by atoms with Crippen LogP contribution in [0.15, 0.2) is 0 Å². The summed E-state index contributed by atoms with van der Waals surface area (Å²) in [4.78, 5) is 0. The van der Waals surface area contributed by atoms with Gasteiger partial charge in [-0.05, 0) is 23.7 Å². The molecule has 4 nitrogen and oxygen atoms in total. The Morgan fingerprint density at radius 3 is 1.30 bits per heavy atom. The number of halogens is 1. The van der Waals surface area contributed by atoms with Crippen molar-refractivity contribution in [2.75, 3.05) is 57.3 Å². The largest absolute Gasteiger partial charge is 0.379 e. The van der Waals surface area contributed by atoms with Gasteiger partial charge in [-0.15, -0.1) is 0 Å². The Kier molecular flexibility index (Phi) is 23.1. The van der Waals surface area contributed by atoms with Crippen molar-refractivity contribution in [2.24, 2.45) is 0 Å². The molecule has 0 fully saturated rings. The van der Waals surface area contributed by atoms with E-state index < -0.39 is 0 Å². The molecule has 0 aliphatic carbocycles. The molecule has 5 heteroatoms. The lowest BCUT2D eigenvalue weighted by Gasteiger charge is -2.07. The Morgan fingerprint density at radius 2 is 0.870 bits per heavy atom. The molecule has 0 aliphatic rings. The zero-order valence-corrected chi connectivity index (χ0v) is 17.2. The zero-order valence-electron chi connectivity index (χ0n) is 15.0. The van der Waals surface area contributed by atoms with E-state index in [0.29, 0.717) is 39.6 Å². The van der Waals surface area contributed by atoms with Gasteiger partial charge in [-0.25, -0.2) is 0 Å². The molecule has 0 aromatic rings. The average molecular weight is 444 g/mol. The summed E-state index contributed by atoms with van der Waals surface area (Å²) in [7, 11) is 0. The van der Waals surface area contributed by atoms with Gasteiger partial charge in [0.05, 0.1) is 39.6 Å². The number of ether oxygens (including phenoxy) is 4. The topological polar surface area (TPSA) is 36.9 Å². The van der Waals surface area contributed by atoms with Crippen LogP contribution in [-0.2, 0) is 18.9 Å². The van der Waals surface area contributed by atoms with E-state index in [9.17, 15) is 0 Å². The first-order valence-electron chi connectivity index (χ1n) is 9.28. The third-order valence-electron chi connectivity index (χ3n) is 3.43. The average Bonchev–Trinajstić information content (AvgIpc) is 2.57. The molecule has 0 radical (unpaired) electrons. The third kappa shape index (κ3) is 22.6. The molecule has 0 aromatic carbocycles. The summed E-state index contributed by atoms with van der Waals surface area (Å²) in [6.07, 6.45) is 10.1. The maximum atomic E-state index is 5.53. The van der Waals surface area contributed by atoms with E-state index in [1.54, 1.807) is 0 Å². The van der Waals surface area contributed by atoms with Crippen LogP contribution in [0.1, 0.15) is 58.3 Å². The van der Waals surface area contributed by atoms with Crippen molar-refractivity contribution in [1.29, 1.82) is 0 Å². The van der Waals surface area contributed by atoms with Crippen molar-refractivity contribution in [3.8, 4) is 0 Å². The van der Waals surface area contributed by atoms with Gasteiger partial charge in [-0.1, -0.05) is 61.6 Å². The van der Waals surface area contributed by atoms with Gasteiger partial charge in [0.15, 0.2) is 0 Å². The first-order valence-corrected chi connectivity index (χ1v) is 10.8. The molecule has 23 heavy (non-hydrogen) atoms. The van der Waals surface area contributed by atoms with Crippen LogP contribution in [0.25, 0.3) is 0 Å². The predicted octanol–water partition coefficient (Wildman–Crippen LogP) is 4.63. The van der Waals surface area contributed by atoms with Crippen molar-refractivity contribution in [2.45, 2.75) is 58.3 Å². The Hall–Kier alpha value is 0.570. The van der Waals surface area contributed by atoms with Gasteiger partial charge in [-0.3, -0.25) is 0 Å². The second kappa shape index (κ2) is 22.6. The molecule has 0 amide bonds. The minimum absolute atomic E-state index is 0.634. The van der Waals surface area contributed by atoms with Gasteiger partial charge in [0.25, 0.3) is 0 Å². The molecule has 140 valence electrons. The smallest absolute Gasteiger partial charge is 0.0701 e. The second-order valence-corrected chi connectivity index (χ2v) is 6.69. The van der Waals surface area contributed by atoms with Crippen LogP contribution in [-0.4, -0.2) is 57.3 Å². The van der Waals surface area contributed by atoms with Crippen LogP contribution in [0.2, 0.25) is 0 Å². The highest BCUT2D eigenvalue weighted by Gasteiger charge is 1.94. The van der Waals surface area contributed by atoms with Gasteiger partial charge in [0.1, 0.15) is 0 Å². The lowest BCUT2D eigenvalue weighted by Crippen LogP contribution is -2.12. The lowest BCUT2D eigenvalue weighted by atomic mass is 10.2. The van der Waals surface area contributed by atoms with E-state index >= 15 is 0 Å². The standard InChI is InChI=1S/C18H37IO4/c1-2-3-4-8-11-20-13-15-22-17-18-23-16-14-21-12-9-6-5-7-10-19/h2-18H2,1H3. The summed E-state index contributed by atoms with van der Waals surface area (Å²) < 4.78 is 23.2. The number of rotatable bonds is 20. The second-order valence-electron chi connectivity index (χ2n) is 5.61. The molecule has 0 unspecified atom stereocenters. The number of unbranched alkanes of at least 4 members (excludes halogenated alkanes) is 6. The Labute approximate surface area is 157 Å². The van der Waals surface area contributed by atoms with E-state index in [0.717, 1.165) is 26.1 Å². The summed E-state index contributed by atoms with van der Waals surface area (Å²) in [5.74, 6) is 0. The van der Waals surface area contributed by atoms with Gasteiger partial charge in [-0.2, -0.15) is 0 Å². The Bertz CT molecular complexity index is 185. The van der Waals surface area contributed by atoms with Crippen molar-refractivity contribution in [3.05, 3.63) is 0 Å². The van der Waals surface area contributed by atoms with E-state index in [1.807, 2.05) is 0 Å². The molecule has 0 saturated carbocycles. The first kappa shape index (κ1) is 23.6.